The first kappa shape index (κ1) is 12.5. The molecule has 4 nitrogen and oxygen atoms in total. The van der Waals surface area contributed by atoms with Crippen LogP contribution < -0.4 is 0 Å². The largest absolute Gasteiger partial charge is 0.465 e. The second-order valence-corrected chi connectivity index (χ2v) is 3.89. The van der Waals surface area contributed by atoms with Gasteiger partial charge in [-0.05, 0) is 32.7 Å². The summed E-state index contributed by atoms with van der Waals surface area (Å²) in [5.74, 6) is -0.152. The second-order valence-electron chi connectivity index (χ2n) is 3.89. The van der Waals surface area contributed by atoms with Crippen LogP contribution in [0.4, 0.5) is 0 Å². The van der Waals surface area contributed by atoms with E-state index < -0.39 is 0 Å². The zero-order chi connectivity index (χ0) is 11.3. The van der Waals surface area contributed by atoms with Crippen LogP contribution in [0.3, 0.4) is 0 Å². The van der Waals surface area contributed by atoms with E-state index >= 15 is 0 Å². The summed E-state index contributed by atoms with van der Waals surface area (Å²) in [6, 6.07) is -0.0380. The molecule has 15 heavy (non-hydrogen) atoms. The molecule has 4 heteroatoms. The fourth-order valence-electron chi connectivity index (χ4n) is 2.24. The van der Waals surface area contributed by atoms with Crippen molar-refractivity contribution in [1.29, 1.82) is 0 Å². The Kier molecular flexibility index (Phi) is 5.05. The van der Waals surface area contributed by atoms with Gasteiger partial charge in [0.05, 0.1) is 13.2 Å². The monoisotopic (exact) mass is 215 g/mol. The fourth-order valence-corrected chi connectivity index (χ4v) is 2.24. The lowest BCUT2D eigenvalue weighted by Gasteiger charge is -2.29. The Labute approximate surface area is 91.2 Å². The second kappa shape index (κ2) is 6.08. The van der Waals surface area contributed by atoms with Crippen LogP contribution >= 0.6 is 0 Å². The lowest BCUT2D eigenvalue weighted by molar-refractivity contribution is -0.150. The molecular formula is C11H21NO3. The lowest BCUT2D eigenvalue weighted by Crippen LogP contribution is -2.45. The molecule has 0 radical (unpaired) electrons. The quantitative estimate of drug-likeness (QED) is 0.689. The van der Waals surface area contributed by atoms with Gasteiger partial charge in [-0.25, -0.2) is 0 Å². The van der Waals surface area contributed by atoms with Crippen LogP contribution in [-0.4, -0.2) is 47.8 Å². The average Bonchev–Trinajstić information content (AvgIpc) is 2.67. The summed E-state index contributed by atoms with van der Waals surface area (Å²) >= 11 is 0. The molecule has 1 aliphatic heterocycles. The lowest BCUT2D eigenvalue weighted by atomic mass is 10.1. The molecule has 0 saturated carbocycles. The number of likely N-dealkylation sites (tertiary alicyclic amines) is 1. The molecule has 1 rings (SSSR count). The SMILES string of the molecule is CCOC(=O)C(CC)N1CCC[C@@H]1CO. The average molecular weight is 215 g/mol. The number of carbonyl (C=O) groups is 1. The summed E-state index contributed by atoms with van der Waals surface area (Å²) in [5, 5.41) is 9.20. The zero-order valence-electron chi connectivity index (χ0n) is 9.61. The third-order valence-corrected chi connectivity index (χ3v) is 2.98. The Hall–Kier alpha value is -0.610. The molecule has 1 N–H and O–H groups in total. The Morgan fingerprint density at radius 2 is 2.33 bits per heavy atom. The zero-order valence-corrected chi connectivity index (χ0v) is 9.61. The van der Waals surface area contributed by atoms with E-state index in [1.54, 1.807) is 0 Å². The van der Waals surface area contributed by atoms with Crippen LogP contribution in [0.25, 0.3) is 0 Å². The van der Waals surface area contributed by atoms with Crippen molar-refractivity contribution in [2.75, 3.05) is 19.8 Å². The van der Waals surface area contributed by atoms with Crippen molar-refractivity contribution >= 4 is 5.97 Å². The molecule has 1 fully saturated rings. The summed E-state index contributed by atoms with van der Waals surface area (Å²) in [6.07, 6.45) is 2.78. The molecule has 1 heterocycles. The molecular weight excluding hydrogens is 194 g/mol. The van der Waals surface area contributed by atoms with Gasteiger partial charge in [-0.15, -0.1) is 0 Å². The molecule has 0 aromatic heterocycles. The summed E-state index contributed by atoms with van der Waals surface area (Å²) in [4.78, 5) is 13.8. The normalized spacial score (nSPS) is 24.1. The van der Waals surface area contributed by atoms with E-state index in [4.69, 9.17) is 4.74 Å². The predicted molar refractivity (Wildman–Crippen MR) is 57.5 cm³/mol. The maximum atomic E-state index is 11.7. The Morgan fingerprint density at radius 1 is 1.60 bits per heavy atom. The van der Waals surface area contributed by atoms with Crippen molar-refractivity contribution in [3.8, 4) is 0 Å². The number of rotatable bonds is 5. The summed E-state index contributed by atoms with van der Waals surface area (Å²) in [5.41, 5.74) is 0. The van der Waals surface area contributed by atoms with Crippen LogP contribution in [0.1, 0.15) is 33.1 Å². The summed E-state index contributed by atoms with van der Waals surface area (Å²) in [6.45, 7) is 5.25. The van der Waals surface area contributed by atoms with Crippen LogP contribution in [0.5, 0.6) is 0 Å². The number of nitrogens with zero attached hydrogens (tertiary/aromatic N) is 1. The molecule has 88 valence electrons. The maximum Gasteiger partial charge on any atom is 0.323 e. The standard InChI is InChI=1S/C11H21NO3/c1-3-10(11(14)15-4-2)12-7-5-6-9(12)8-13/h9-10,13H,3-8H2,1-2H3/t9-,10?/m1/s1. The highest BCUT2D eigenvalue weighted by Crippen LogP contribution is 2.21. The highest BCUT2D eigenvalue weighted by atomic mass is 16.5. The minimum absolute atomic E-state index is 0.135. The third-order valence-electron chi connectivity index (χ3n) is 2.98. The number of carbonyl (C=O) groups excluding carboxylic acids is 1. The summed E-state index contributed by atoms with van der Waals surface area (Å²) < 4.78 is 5.04. The molecule has 1 aliphatic rings. The van der Waals surface area contributed by atoms with Gasteiger partial charge in [0.2, 0.25) is 0 Å². The van der Waals surface area contributed by atoms with Gasteiger partial charge in [0.15, 0.2) is 0 Å². The van der Waals surface area contributed by atoms with Gasteiger partial charge in [-0.1, -0.05) is 6.92 Å². The smallest absolute Gasteiger partial charge is 0.323 e. The van der Waals surface area contributed by atoms with E-state index in [9.17, 15) is 9.90 Å². The van der Waals surface area contributed by atoms with E-state index in [2.05, 4.69) is 4.90 Å². The van der Waals surface area contributed by atoms with Gasteiger partial charge < -0.3 is 9.84 Å². The molecule has 0 aliphatic carbocycles. The van der Waals surface area contributed by atoms with E-state index in [1.807, 2.05) is 13.8 Å². The first-order chi connectivity index (χ1) is 7.24. The maximum absolute atomic E-state index is 11.7. The minimum Gasteiger partial charge on any atom is -0.465 e. The molecule has 0 aromatic carbocycles. The van der Waals surface area contributed by atoms with Crippen LogP contribution in [0.15, 0.2) is 0 Å². The van der Waals surface area contributed by atoms with Gasteiger partial charge in [0, 0.05) is 6.04 Å². The minimum atomic E-state index is -0.176. The molecule has 2 atom stereocenters. The van der Waals surface area contributed by atoms with Crippen molar-refractivity contribution in [3.05, 3.63) is 0 Å². The number of ether oxygens (including phenoxy) is 1. The molecule has 0 amide bonds. The first-order valence-electron chi connectivity index (χ1n) is 5.77. The van der Waals surface area contributed by atoms with Crippen molar-refractivity contribution in [2.24, 2.45) is 0 Å². The first-order valence-corrected chi connectivity index (χ1v) is 5.77. The third kappa shape index (κ3) is 2.92. The van der Waals surface area contributed by atoms with E-state index in [-0.39, 0.29) is 24.7 Å². The fraction of sp³-hybridized carbons (Fsp3) is 0.909. The van der Waals surface area contributed by atoms with Crippen molar-refractivity contribution in [2.45, 2.75) is 45.2 Å². The number of esters is 1. The molecule has 1 unspecified atom stereocenters. The van der Waals surface area contributed by atoms with Crippen LogP contribution in [-0.2, 0) is 9.53 Å². The number of hydrogen-bond acceptors (Lipinski definition) is 4. The van der Waals surface area contributed by atoms with E-state index in [0.717, 1.165) is 25.8 Å². The van der Waals surface area contributed by atoms with Gasteiger partial charge in [0.1, 0.15) is 6.04 Å². The highest BCUT2D eigenvalue weighted by molar-refractivity contribution is 5.75. The van der Waals surface area contributed by atoms with Gasteiger partial charge in [-0.3, -0.25) is 9.69 Å². The predicted octanol–water partition coefficient (Wildman–Crippen LogP) is 0.785. The van der Waals surface area contributed by atoms with E-state index in [1.165, 1.54) is 0 Å². The Bertz CT molecular complexity index is 208. The van der Waals surface area contributed by atoms with E-state index in [0.29, 0.717) is 6.61 Å². The Morgan fingerprint density at radius 3 is 2.87 bits per heavy atom. The number of aliphatic hydroxyl groups excluding tert-OH is 1. The van der Waals surface area contributed by atoms with Gasteiger partial charge in [-0.2, -0.15) is 0 Å². The highest BCUT2D eigenvalue weighted by Gasteiger charge is 2.33. The molecule has 0 aromatic rings. The van der Waals surface area contributed by atoms with Gasteiger partial charge >= 0.3 is 5.97 Å². The molecule has 0 bridgehead atoms. The van der Waals surface area contributed by atoms with Crippen molar-refractivity contribution < 1.29 is 14.6 Å². The van der Waals surface area contributed by atoms with Crippen LogP contribution in [0, 0.1) is 0 Å². The topological polar surface area (TPSA) is 49.8 Å². The van der Waals surface area contributed by atoms with Gasteiger partial charge in [0.25, 0.3) is 0 Å². The van der Waals surface area contributed by atoms with Crippen molar-refractivity contribution in [1.82, 2.24) is 4.90 Å². The summed E-state index contributed by atoms with van der Waals surface area (Å²) in [7, 11) is 0. The number of hydrogen-bond donors (Lipinski definition) is 1. The van der Waals surface area contributed by atoms with Crippen molar-refractivity contribution in [3.63, 3.8) is 0 Å². The molecule has 0 spiro atoms. The Balaban J connectivity index is 2.60. The van der Waals surface area contributed by atoms with Crippen LogP contribution in [0.2, 0.25) is 0 Å². The number of aliphatic hydroxyl groups is 1. The molecule has 1 saturated heterocycles.